The van der Waals surface area contributed by atoms with Crippen LogP contribution in [0.5, 0.6) is 11.5 Å². The average molecular weight is 306 g/mol. The van der Waals surface area contributed by atoms with E-state index in [0.717, 1.165) is 20.8 Å². The number of rotatable bonds is 3. The highest BCUT2D eigenvalue weighted by Gasteiger charge is 2.10. The maximum absolute atomic E-state index is 9.73. The van der Waals surface area contributed by atoms with Gasteiger partial charge in [-0.1, -0.05) is 11.6 Å². The van der Waals surface area contributed by atoms with Gasteiger partial charge in [-0.25, -0.2) is 4.98 Å². The van der Waals surface area contributed by atoms with Crippen LogP contribution in [-0.2, 0) is 0 Å². The molecule has 0 aliphatic rings. The van der Waals surface area contributed by atoms with Crippen molar-refractivity contribution in [2.75, 3.05) is 6.61 Å². The Labute approximate surface area is 125 Å². The molecule has 5 heteroatoms. The van der Waals surface area contributed by atoms with E-state index in [-0.39, 0.29) is 5.75 Å². The van der Waals surface area contributed by atoms with E-state index in [4.69, 9.17) is 16.3 Å². The van der Waals surface area contributed by atoms with Gasteiger partial charge in [0.15, 0.2) is 11.5 Å². The molecule has 0 aliphatic heterocycles. The van der Waals surface area contributed by atoms with Crippen LogP contribution in [0.25, 0.3) is 20.8 Å². The summed E-state index contributed by atoms with van der Waals surface area (Å²) < 4.78 is 6.48. The summed E-state index contributed by atoms with van der Waals surface area (Å²) in [5, 5.41) is 11.3. The molecule has 0 spiro atoms. The van der Waals surface area contributed by atoms with Crippen LogP contribution in [0.3, 0.4) is 0 Å². The van der Waals surface area contributed by atoms with Gasteiger partial charge in [0.1, 0.15) is 5.01 Å². The van der Waals surface area contributed by atoms with E-state index in [1.54, 1.807) is 23.5 Å². The van der Waals surface area contributed by atoms with E-state index in [0.29, 0.717) is 17.4 Å². The summed E-state index contributed by atoms with van der Waals surface area (Å²) in [5.74, 6) is 0.613. The summed E-state index contributed by atoms with van der Waals surface area (Å²) in [4.78, 5) is 4.57. The van der Waals surface area contributed by atoms with Crippen LogP contribution in [0, 0.1) is 0 Å². The van der Waals surface area contributed by atoms with Crippen LogP contribution >= 0.6 is 22.9 Å². The van der Waals surface area contributed by atoms with Gasteiger partial charge in [-0.05, 0) is 43.3 Å². The lowest BCUT2D eigenvalue weighted by Gasteiger charge is -2.06. The van der Waals surface area contributed by atoms with Crippen molar-refractivity contribution in [2.45, 2.75) is 6.92 Å². The third-order valence-corrected chi connectivity index (χ3v) is 4.18. The van der Waals surface area contributed by atoms with Crippen molar-refractivity contribution in [3.63, 3.8) is 0 Å². The van der Waals surface area contributed by atoms with Crippen molar-refractivity contribution in [1.82, 2.24) is 4.98 Å². The van der Waals surface area contributed by atoms with Gasteiger partial charge in [-0.15, -0.1) is 11.3 Å². The van der Waals surface area contributed by atoms with Gasteiger partial charge in [-0.2, -0.15) is 0 Å². The lowest BCUT2D eigenvalue weighted by Crippen LogP contribution is -1.92. The third kappa shape index (κ3) is 2.44. The summed E-state index contributed by atoms with van der Waals surface area (Å²) in [5.41, 5.74) is 1.80. The zero-order valence-electron chi connectivity index (χ0n) is 10.8. The quantitative estimate of drug-likeness (QED) is 0.761. The second-order valence-electron chi connectivity index (χ2n) is 4.25. The molecule has 0 unspecified atom stereocenters. The van der Waals surface area contributed by atoms with Crippen LogP contribution in [0.1, 0.15) is 6.92 Å². The number of fused-ring (bicyclic) bond motifs is 1. The van der Waals surface area contributed by atoms with Gasteiger partial charge in [0.05, 0.1) is 16.8 Å². The highest BCUT2D eigenvalue weighted by Crippen LogP contribution is 2.36. The van der Waals surface area contributed by atoms with Crippen LogP contribution in [-0.4, -0.2) is 16.7 Å². The molecular weight excluding hydrogens is 294 g/mol. The fraction of sp³-hybridized carbons (Fsp3) is 0.133. The normalized spacial score (nSPS) is 10.9. The second-order valence-corrected chi connectivity index (χ2v) is 5.71. The molecule has 1 aromatic heterocycles. The Bertz CT molecular complexity index is 770. The van der Waals surface area contributed by atoms with Gasteiger partial charge in [0, 0.05) is 10.6 Å². The molecule has 2 aromatic carbocycles. The van der Waals surface area contributed by atoms with E-state index in [9.17, 15) is 5.11 Å². The maximum atomic E-state index is 9.73. The first-order valence-corrected chi connectivity index (χ1v) is 7.39. The first-order valence-electron chi connectivity index (χ1n) is 6.19. The molecular formula is C15H12ClNO2S. The Morgan fingerprint density at radius 1 is 1.25 bits per heavy atom. The summed E-state index contributed by atoms with van der Waals surface area (Å²) in [6.07, 6.45) is 0. The van der Waals surface area contributed by atoms with Crippen LogP contribution < -0.4 is 4.74 Å². The Kier molecular flexibility index (Phi) is 3.51. The van der Waals surface area contributed by atoms with Crippen molar-refractivity contribution in [1.29, 1.82) is 0 Å². The molecule has 0 amide bonds. The molecule has 3 nitrogen and oxygen atoms in total. The van der Waals surface area contributed by atoms with Gasteiger partial charge < -0.3 is 9.84 Å². The van der Waals surface area contributed by atoms with Crippen molar-refractivity contribution in [3.8, 4) is 22.1 Å². The van der Waals surface area contributed by atoms with E-state index < -0.39 is 0 Å². The fourth-order valence-corrected chi connectivity index (χ4v) is 3.05. The predicted octanol–water partition coefficient (Wildman–Crippen LogP) is 4.72. The summed E-state index contributed by atoms with van der Waals surface area (Å²) in [6.45, 7) is 2.39. The van der Waals surface area contributed by atoms with E-state index in [1.165, 1.54) is 0 Å². The molecule has 1 heterocycles. The van der Waals surface area contributed by atoms with E-state index >= 15 is 0 Å². The van der Waals surface area contributed by atoms with Crippen LogP contribution in [0.15, 0.2) is 36.4 Å². The number of phenols is 1. The van der Waals surface area contributed by atoms with E-state index in [1.807, 2.05) is 31.2 Å². The zero-order valence-corrected chi connectivity index (χ0v) is 12.3. The third-order valence-electron chi connectivity index (χ3n) is 2.86. The molecule has 1 N–H and O–H groups in total. The molecule has 0 saturated carbocycles. The van der Waals surface area contributed by atoms with E-state index in [2.05, 4.69) is 4.98 Å². The Morgan fingerprint density at radius 3 is 2.90 bits per heavy atom. The number of benzene rings is 2. The standard InChI is InChI=1S/C15H12ClNO2S/c1-2-19-13-7-9(3-5-12(13)18)15-17-11-8-10(16)4-6-14(11)20-15/h3-8,18H,2H2,1H3. The van der Waals surface area contributed by atoms with Crippen LogP contribution in [0.2, 0.25) is 5.02 Å². The first-order chi connectivity index (χ1) is 9.67. The highest BCUT2D eigenvalue weighted by molar-refractivity contribution is 7.21. The molecule has 0 saturated heterocycles. The van der Waals surface area contributed by atoms with Crippen LogP contribution in [0.4, 0.5) is 0 Å². The molecule has 3 rings (SSSR count). The minimum absolute atomic E-state index is 0.139. The van der Waals surface area contributed by atoms with Crippen molar-refractivity contribution < 1.29 is 9.84 Å². The molecule has 3 aromatic rings. The summed E-state index contributed by atoms with van der Waals surface area (Å²) >= 11 is 7.56. The van der Waals surface area contributed by atoms with Crippen molar-refractivity contribution in [3.05, 3.63) is 41.4 Å². The largest absolute Gasteiger partial charge is 0.504 e. The molecule has 0 atom stereocenters. The fourth-order valence-electron chi connectivity index (χ4n) is 1.94. The van der Waals surface area contributed by atoms with Gasteiger partial charge in [-0.3, -0.25) is 0 Å². The van der Waals surface area contributed by atoms with Crippen molar-refractivity contribution >= 4 is 33.2 Å². The number of nitrogens with zero attached hydrogens (tertiary/aromatic N) is 1. The van der Waals surface area contributed by atoms with Crippen molar-refractivity contribution in [2.24, 2.45) is 0 Å². The number of aromatic hydroxyl groups is 1. The number of phenolic OH excluding ortho intramolecular Hbond substituents is 1. The smallest absolute Gasteiger partial charge is 0.161 e. The topological polar surface area (TPSA) is 42.4 Å². The lowest BCUT2D eigenvalue weighted by atomic mass is 10.2. The predicted molar refractivity (Wildman–Crippen MR) is 82.9 cm³/mol. The monoisotopic (exact) mass is 305 g/mol. The average Bonchev–Trinajstić information content (AvgIpc) is 2.84. The SMILES string of the molecule is CCOc1cc(-c2nc3cc(Cl)ccc3s2)ccc1O. The van der Waals surface area contributed by atoms with Gasteiger partial charge in [0.25, 0.3) is 0 Å². The van der Waals surface area contributed by atoms with Gasteiger partial charge in [0.2, 0.25) is 0 Å². The lowest BCUT2D eigenvalue weighted by molar-refractivity contribution is 0.318. The molecule has 0 aliphatic carbocycles. The highest BCUT2D eigenvalue weighted by atomic mass is 35.5. The molecule has 0 fully saturated rings. The molecule has 20 heavy (non-hydrogen) atoms. The maximum Gasteiger partial charge on any atom is 0.161 e. The number of thiazole rings is 1. The molecule has 0 bridgehead atoms. The Morgan fingerprint density at radius 2 is 2.10 bits per heavy atom. The van der Waals surface area contributed by atoms with Gasteiger partial charge >= 0.3 is 0 Å². The minimum Gasteiger partial charge on any atom is -0.504 e. The second kappa shape index (κ2) is 5.31. The zero-order chi connectivity index (χ0) is 14.1. The first kappa shape index (κ1) is 13.2. The number of aromatic nitrogens is 1. The molecule has 0 radical (unpaired) electrons. The number of halogens is 1. The number of hydrogen-bond acceptors (Lipinski definition) is 4. The Hall–Kier alpha value is -1.78. The summed E-state index contributed by atoms with van der Waals surface area (Å²) in [7, 11) is 0. The Balaban J connectivity index is 2.08. The number of ether oxygens (including phenoxy) is 1. The molecule has 102 valence electrons. The minimum atomic E-state index is 0.139. The number of hydrogen-bond donors (Lipinski definition) is 1. The summed E-state index contributed by atoms with van der Waals surface area (Å²) in [6, 6.07) is 10.9.